The van der Waals surface area contributed by atoms with Crippen LogP contribution in [0.1, 0.15) is 15.9 Å². The molecule has 6 heteroatoms. The molecule has 0 spiro atoms. The number of benzene rings is 2. The van der Waals surface area contributed by atoms with Gasteiger partial charge in [-0.15, -0.1) is 0 Å². The average molecular weight is 334 g/mol. The molecule has 0 bridgehead atoms. The molecule has 22 heavy (non-hydrogen) atoms. The van der Waals surface area contributed by atoms with E-state index in [2.05, 4.69) is 0 Å². The van der Waals surface area contributed by atoms with Gasteiger partial charge < -0.3 is 0 Å². The molecule has 0 fully saturated rings. The van der Waals surface area contributed by atoms with Gasteiger partial charge in [0.25, 0.3) is 5.12 Å². The maximum absolute atomic E-state index is 12.0. The van der Waals surface area contributed by atoms with E-state index < -0.39 is 20.7 Å². The van der Waals surface area contributed by atoms with E-state index in [9.17, 15) is 18.0 Å². The third-order valence-corrected chi connectivity index (χ3v) is 5.00. The first-order valence-corrected chi connectivity index (χ1v) is 9.31. The van der Waals surface area contributed by atoms with Crippen molar-refractivity contribution in [2.45, 2.75) is 10.6 Å². The lowest BCUT2D eigenvalue weighted by Gasteiger charge is -2.02. The first-order chi connectivity index (χ1) is 10.4. The second kappa shape index (κ2) is 6.89. The maximum atomic E-state index is 12.0. The summed E-state index contributed by atoms with van der Waals surface area (Å²) in [7, 11) is -3.31. The monoisotopic (exact) mass is 334 g/mol. The Hall–Kier alpha value is -1.92. The summed E-state index contributed by atoms with van der Waals surface area (Å²) in [4.78, 5) is 24.0. The van der Waals surface area contributed by atoms with Crippen LogP contribution in [0.15, 0.2) is 59.5 Å². The molecule has 0 heterocycles. The summed E-state index contributed by atoms with van der Waals surface area (Å²) in [6.45, 7) is 0. The van der Waals surface area contributed by atoms with Crippen LogP contribution in [0.3, 0.4) is 0 Å². The van der Waals surface area contributed by atoms with Gasteiger partial charge in [-0.3, -0.25) is 9.59 Å². The van der Waals surface area contributed by atoms with E-state index in [0.29, 0.717) is 5.75 Å². The lowest BCUT2D eigenvalue weighted by atomic mass is 10.1. The van der Waals surface area contributed by atoms with E-state index in [-0.39, 0.29) is 10.5 Å². The minimum absolute atomic E-state index is 0.119. The summed E-state index contributed by atoms with van der Waals surface area (Å²) < 4.78 is 22.7. The standard InChI is InChI=1S/C16H14O4S2/c1-22(19,20)14-9-7-13(8-10-14)15(17)16(18)21-11-12-5-3-2-4-6-12/h2-10H,11H2,1H3. The van der Waals surface area contributed by atoms with E-state index in [1.165, 1.54) is 24.3 Å². The summed E-state index contributed by atoms with van der Waals surface area (Å²) in [6, 6.07) is 14.8. The van der Waals surface area contributed by atoms with E-state index in [1.807, 2.05) is 30.3 Å². The van der Waals surface area contributed by atoms with Crippen molar-refractivity contribution in [2.24, 2.45) is 0 Å². The zero-order valence-electron chi connectivity index (χ0n) is 11.9. The zero-order chi connectivity index (χ0) is 16.2. The summed E-state index contributed by atoms with van der Waals surface area (Å²) in [6.07, 6.45) is 1.09. The number of hydrogen-bond acceptors (Lipinski definition) is 5. The van der Waals surface area contributed by atoms with Gasteiger partial charge in [-0.1, -0.05) is 42.1 Å². The highest BCUT2D eigenvalue weighted by Gasteiger charge is 2.17. The van der Waals surface area contributed by atoms with Gasteiger partial charge in [0.1, 0.15) is 0 Å². The minimum Gasteiger partial charge on any atom is -0.284 e. The molecule has 114 valence electrons. The van der Waals surface area contributed by atoms with Gasteiger partial charge >= 0.3 is 0 Å². The predicted octanol–water partition coefficient (Wildman–Crippen LogP) is 2.73. The molecule has 2 rings (SSSR count). The molecule has 0 aliphatic rings. The van der Waals surface area contributed by atoms with Gasteiger partial charge in [0.05, 0.1) is 4.90 Å². The largest absolute Gasteiger partial charge is 0.284 e. The molecule has 0 amide bonds. The Morgan fingerprint density at radius 1 is 0.955 bits per heavy atom. The van der Waals surface area contributed by atoms with Gasteiger partial charge in [0.2, 0.25) is 5.78 Å². The molecule has 4 nitrogen and oxygen atoms in total. The van der Waals surface area contributed by atoms with E-state index in [0.717, 1.165) is 23.6 Å². The van der Waals surface area contributed by atoms with E-state index in [4.69, 9.17) is 0 Å². The van der Waals surface area contributed by atoms with Crippen molar-refractivity contribution >= 4 is 32.5 Å². The fourth-order valence-electron chi connectivity index (χ4n) is 1.76. The smallest absolute Gasteiger partial charge is 0.260 e. The number of thioether (sulfide) groups is 1. The Labute approximate surface area is 133 Å². The lowest BCUT2D eigenvalue weighted by molar-refractivity contribution is -0.107. The molecule has 0 aliphatic heterocycles. The first kappa shape index (κ1) is 16.5. The minimum atomic E-state index is -3.31. The van der Waals surface area contributed by atoms with Crippen LogP contribution >= 0.6 is 11.8 Å². The van der Waals surface area contributed by atoms with Crippen molar-refractivity contribution in [3.63, 3.8) is 0 Å². The molecular weight excluding hydrogens is 320 g/mol. The maximum Gasteiger partial charge on any atom is 0.260 e. The third kappa shape index (κ3) is 4.29. The molecule has 2 aromatic carbocycles. The molecule has 0 saturated carbocycles. The Morgan fingerprint density at radius 3 is 2.09 bits per heavy atom. The highest BCUT2D eigenvalue weighted by Crippen LogP contribution is 2.17. The van der Waals surface area contributed by atoms with Gasteiger partial charge in [-0.2, -0.15) is 0 Å². The number of Topliss-reactive ketones (excluding diaryl/α,β-unsaturated/α-hetero) is 1. The molecule has 0 atom stereocenters. The Bertz CT molecular complexity index is 779. The predicted molar refractivity (Wildman–Crippen MR) is 86.6 cm³/mol. The fourth-order valence-corrected chi connectivity index (χ4v) is 3.13. The fraction of sp³-hybridized carbons (Fsp3) is 0.125. The summed E-state index contributed by atoms with van der Waals surface area (Å²) >= 11 is 0.936. The normalized spacial score (nSPS) is 11.1. The quantitative estimate of drug-likeness (QED) is 0.621. The van der Waals surface area contributed by atoms with Crippen LogP contribution in [-0.2, 0) is 20.4 Å². The molecule has 0 N–H and O–H groups in total. The van der Waals surface area contributed by atoms with Gasteiger partial charge in [0, 0.05) is 17.6 Å². The zero-order valence-corrected chi connectivity index (χ0v) is 13.5. The number of sulfone groups is 1. The van der Waals surface area contributed by atoms with Crippen molar-refractivity contribution in [2.75, 3.05) is 6.26 Å². The second-order valence-corrected chi connectivity index (χ2v) is 7.65. The molecule has 0 saturated heterocycles. The van der Waals surface area contributed by atoms with Crippen LogP contribution in [-0.4, -0.2) is 25.6 Å². The number of carbonyl (C=O) groups excluding carboxylic acids is 2. The van der Waals surface area contributed by atoms with Gasteiger partial charge in [-0.05, 0) is 29.8 Å². The topological polar surface area (TPSA) is 68.3 Å². The van der Waals surface area contributed by atoms with Crippen molar-refractivity contribution < 1.29 is 18.0 Å². The van der Waals surface area contributed by atoms with Crippen LogP contribution in [0.25, 0.3) is 0 Å². The number of carbonyl (C=O) groups is 2. The molecule has 2 aromatic rings. The third-order valence-electron chi connectivity index (χ3n) is 2.94. The van der Waals surface area contributed by atoms with Gasteiger partial charge in [-0.25, -0.2) is 8.42 Å². The highest BCUT2D eigenvalue weighted by molar-refractivity contribution is 8.14. The lowest BCUT2D eigenvalue weighted by Crippen LogP contribution is -2.11. The van der Waals surface area contributed by atoms with Crippen LogP contribution in [0, 0.1) is 0 Å². The van der Waals surface area contributed by atoms with Crippen molar-refractivity contribution in [1.82, 2.24) is 0 Å². The number of rotatable bonds is 5. The second-order valence-electron chi connectivity index (χ2n) is 4.69. The Kier molecular flexibility index (Phi) is 5.15. The van der Waals surface area contributed by atoms with Crippen molar-refractivity contribution in [3.8, 4) is 0 Å². The van der Waals surface area contributed by atoms with E-state index >= 15 is 0 Å². The van der Waals surface area contributed by atoms with Crippen molar-refractivity contribution in [3.05, 3.63) is 65.7 Å². The first-order valence-electron chi connectivity index (χ1n) is 6.43. The van der Waals surface area contributed by atoms with Crippen LogP contribution < -0.4 is 0 Å². The Balaban J connectivity index is 2.03. The van der Waals surface area contributed by atoms with Crippen LogP contribution in [0.4, 0.5) is 0 Å². The Morgan fingerprint density at radius 2 is 1.55 bits per heavy atom. The summed E-state index contributed by atoms with van der Waals surface area (Å²) in [5.74, 6) is -0.201. The van der Waals surface area contributed by atoms with Gasteiger partial charge in [0.15, 0.2) is 9.84 Å². The molecular formula is C16H14O4S2. The summed E-state index contributed by atoms with van der Waals surface area (Å²) in [5.41, 5.74) is 1.15. The van der Waals surface area contributed by atoms with E-state index in [1.54, 1.807) is 0 Å². The van der Waals surface area contributed by atoms with Crippen LogP contribution in [0.2, 0.25) is 0 Å². The van der Waals surface area contributed by atoms with Crippen molar-refractivity contribution in [1.29, 1.82) is 0 Å². The molecule has 0 aromatic heterocycles. The SMILES string of the molecule is CS(=O)(=O)c1ccc(C(=O)C(=O)SCc2ccccc2)cc1. The molecule has 0 aliphatic carbocycles. The number of hydrogen-bond donors (Lipinski definition) is 0. The number of ketones is 1. The highest BCUT2D eigenvalue weighted by atomic mass is 32.2. The van der Waals surface area contributed by atoms with Crippen LogP contribution in [0.5, 0.6) is 0 Å². The molecule has 0 radical (unpaired) electrons. The summed E-state index contributed by atoms with van der Waals surface area (Å²) in [5, 5.41) is -0.559. The average Bonchev–Trinajstić information content (AvgIpc) is 2.52. The molecule has 0 unspecified atom stereocenters.